The average Bonchev–Trinajstić information content (AvgIpc) is 2.73. The highest BCUT2D eigenvalue weighted by atomic mass is 32.2. The van der Waals surface area contributed by atoms with Crippen molar-refractivity contribution in [1.29, 1.82) is 0 Å². The van der Waals surface area contributed by atoms with Crippen LogP contribution in [0.4, 0.5) is 5.69 Å². The number of rotatable bonds is 4. The largest absolute Gasteiger partial charge is 0.378 e. The number of nitrogens with one attached hydrogen (secondary N) is 1. The summed E-state index contributed by atoms with van der Waals surface area (Å²) in [6.07, 6.45) is 5.94. The first kappa shape index (κ1) is 11.1. The van der Waals surface area contributed by atoms with Crippen molar-refractivity contribution in [2.45, 2.75) is 11.6 Å². The minimum absolute atomic E-state index is 0.823. The summed E-state index contributed by atoms with van der Waals surface area (Å²) in [5.74, 6) is 0. The highest BCUT2D eigenvalue weighted by Crippen LogP contribution is 2.14. The Balaban J connectivity index is 1.97. The quantitative estimate of drug-likeness (QED) is 0.824. The third kappa shape index (κ3) is 2.58. The van der Waals surface area contributed by atoms with Crippen LogP contribution in [0.2, 0.25) is 0 Å². The van der Waals surface area contributed by atoms with E-state index in [9.17, 15) is 0 Å². The van der Waals surface area contributed by atoms with E-state index in [4.69, 9.17) is 0 Å². The van der Waals surface area contributed by atoms with Gasteiger partial charge in [0.15, 0.2) is 0 Å². The van der Waals surface area contributed by atoms with Gasteiger partial charge in [-0.2, -0.15) is 0 Å². The van der Waals surface area contributed by atoms with Gasteiger partial charge in [0.2, 0.25) is 0 Å². The van der Waals surface area contributed by atoms with Gasteiger partial charge in [-0.05, 0) is 30.5 Å². The van der Waals surface area contributed by atoms with Gasteiger partial charge in [0.1, 0.15) is 0 Å². The molecule has 0 fully saturated rings. The van der Waals surface area contributed by atoms with E-state index in [1.807, 2.05) is 37.8 Å². The van der Waals surface area contributed by atoms with Crippen LogP contribution in [0.1, 0.15) is 5.69 Å². The minimum atomic E-state index is 0.823. The number of pyridine rings is 1. The Labute approximate surface area is 99.9 Å². The third-order valence-corrected chi connectivity index (χ3v) is 3.13. The van der Waals surface area contributed by atoms with Crippen LogP contribution in [0, 0.1) is 0 Å². The Morgan fingerprint density at radius 1 is 1.38 bits per heavy atom. The van der Waals surface area contributed by atoms with E-state index in [1.54, 1.807) is 11.8 Å². The van der Waals surface area contributed by atoms with Crippen molar-refractivity contribution in [2.75, 3.05) is 11.6 Å². The zero-order valence-corrected chi connectivity index (χ0v) is 10.3. The van der Waals surface area contributed by atoms with Crippen molar-refractivity contribution >= 4 is 17.4 Å². The van der Waals surface area contributed by atoms with Crippen LogP contribution in [0.5, 0.6) is 0 Å². The molecule has 2 heterocycles. The van der Waals surface area contributed by atoms with Crippen molar-refractivity contribution < 1.29 is 0 Å². The topological polar surface area (TPSA) is 29.9 Å². The second-order valence-corrected chi connectivity index (χ2v) is 4.38. The lowest BCUT2D eigenvalue weighted by Crippen LogP contribution is -2.04. The SMILES string of the molecule is CSc1ccc(NCc2cccn2C)cn1. The number of thioether (sulfide) groups is 1. The number of nitrogens with zero attached hydrogens (tertiary/aromatic N) is 2. The van der Waals surface area contributed by atoms with Crippen LogP contribution >= 0.6 is 11.8 Å². The Morgan fingerprint density at radius 3 is 2.81 bits per heavy atom. The van der Waals surface area contributed by atoms with Gasteiger partial charge in [0, 0.05) is 18.9 Å². The molecule has 1 N–H and O–H groups in total. The van der Waals surface area contributed by atoms with Crippen LogP contribution in [-0.2, 0) is 13.6 Å². The van der Waals surface area contributed by atoms with Crippen LogP contribution in [0.15, 0.2) is 41.7 Å². The maximum Gasteiger partial charge on any atom is 0.0958 e. The summed E-state index contributed by atoms with van der Waals surface area (Å²) >= 11 is 1.65. The molecule has 4 heteroatoms. The van der Waals surface area contributed by atoms with Crippen molar-refractivity contribution in [2.24, 2.45) is 7.05 Å². The Bertz CT molecular complexity index is 448. The van der Waals surface area contributed by atoms with Crippen molar-refractivity contribution in [3.63, 3.8) is 0 Å². The lowest BCUT2D eigenvalue weighted by molar-refractivity contribution is 0.842. The van der Waals surface area contributed by atoms with Crippen LogP contribution < -0.4 is 5.32 Å². The molecule has 0 radical (unpaired) electrons. The molecule has 16 heavy (non-hydrogen) atoms. The van der Waals surface area contributed by atoms with Crippen molar-refractivity contribution in [1.82, 2.24) is 9.55 Å². The summed E-state index contributed by atoms with van der Waals surface area (Å²) in [5.41, 5.74) is 2.31. The second-order valence-electron chi connectivity index (χ2n) is 3.55. The fourth-order valence-electron chi connectivity index (χ4n) is 1.48. The fourth-order valence-corrected chi connectivity index (χ4v) is 1.84. The molecule has 0 spiro atoms. The lowest BCUT2D eigenvalue weighted by Gasteiger charge is -2.07. The summed E-state index contributed by atoms with van der Waals surface area (Å²) < 4.78 is 2.11. The van der Waals surface area contributed by atoms with Crippen LogP contribution in [0.25, 0.3) is 0 Å². The Kier molecular flexibility index (Phi) is 3.51. The van der Waals surface area contributed by atoms with Gasteiger partial charge in [0.05, 0.1) is 23.5 Å². The summed E-state index contributed by atoms with van der Waals surface area (Å²) in [6, 6.07) is 8.24. The van der Waals surface area contributed by atoms with Gasteiger partial charge < -0.3 is 9.88 Å². The van der Waals surface area contributed by atoms with Crippen molar-refractivity contribution in [3.05, 3.63) is 42.4 Å². The molecule has 0 atom stereocenters. The molecule has 2 rings (SSSR count). The minimum Gasteiger partial charge on any atom is -0.378 e. The van der Waals surface area contributed by atoms with E-state index in [-0.39, 0.29) is 0 Å². The third-order valence-electron chi connectivity index (χ3n) is 2.47. The monoisotopic (exact) mass is 233 g/mol. The predicted molar refractivity (Wildman–Crippen MR) is 68.8 cm³/mol. The van der Waals surface area contributed by atoms with Gasteiger partial charge in [0.25, 0.3) is 0 Å². The van der Waals surface area contributed by atoms with Gasteiger partial charge in [-0.25, -0.2) is 4.98 Å². The first-order valence-corrected chi connectivity index (χ1v) is 6.36. The molecule has 0 aromatic carbocycles. The van der Waals surface area contributed by atoms with Crippen LogP contribution in [0.3, 0.4) is 0 Å². The molecule has 0 saturated carbocycles. The molecule has 0 aliphatic carbocycles. The predicted octanol–water partition coefficient (Wildman–Crippen LogP) is 2.75. The number of hydrogen-bond donors (Lipinski definition) is 1. The highest BCUT2D eigenvalue weighted by Gasteiger charge is 1.98. The van der Waals surface area contributed by atoms with E-state index in [2.05, 4.69) is 27.0 Å². The molecule has 0 aliphatic heterocycles. The van der Waals surface area contributed by atoms with Gasteiger partial charge >= 0.3 is 0 Å². The average molecular weight is 233 g/mol. The smallest absolute Gasteiger partial charge is 0.0958 e. The second kappa shape index (κ2) is 5.07. The van der Waals surface area contributed by atoms with E-state index in [0.717, 1.165) is 17.3 Å². The summed E-state index contributed by atoms with van der Waals surface area (Å²) in [4.78, 5) is 4.31. The first-order chi connectivity index (χ1) is 7.79. The fraction of sp³-hybridized carbons (Fsp3) is 0.250. The molecular formula is C12H15N3S. The van der Waals surface area contributed by atoms with Crippen molar-refractivity contribution in [3.8, 4) is 0 Å². The lowest BCUT2D eigenvalue weighted by atomic mass is 10.4. The van der Waals surface area contributed by atoms with E-state index in [0.29, 0.717) is 0 Å². The normalized spacial score (nSPS) is 10.4. The van der Waals surface area contributed by atoms with Gasteiger partial charge in [-0.15, -0.1) is 11.8 Å². The summed E-state index contributed by atoms with van der Waals surface area (Å²) in [7, 11) is 2.05. The number of hydrogen-bond acceptors (Lipinski definition) is 3. The van der Waals surface area contributed by atoms with E-state index in [1.165, 1.54) is 5.69 Å². The molecule has 0 bridgehead atoms. The summed E-state index contributed by atoms with van der Waals surface area (Å²) in [6.45, 7) is 0.823. The van der Waals surface area contributed by atoms with E-state index >= 15 is 0 Å². The maximum atomic E-state index is 4.31. The molecule has 0 aliphatic rings. The molecule has 0 saturated heterocycles. The Hall–Kier alpha value is -1.42. The zero-order chi connectivity index (χ0) is 11.4. The highest BCUT2D eigenvalue weighted by molar-refractivity contribution is 7.98. The number of anilines is 1. The molecule has 2 aromatic rings. The molecule has 0 amide bonds. The molecule has 84 valence electrons. The summed E-state index contributed by atoms with van der Waals surface area (Å²) in [5, 5.41) is 4.39. The molecular weight excluding hydrogens is 218 g/mol. The van der Waals surface area contributed by atoms with E-state index < -0.39 is 0 Å². The molecule has 0 unspecified atom stereocenters. The zero-order valence-electron chi connectivity index (χ0n) is 9.47. The number of aromatic nitrogens is 2. The molecule has 3 nitrogen and oxygen atoms in total. The van der Waals surface area contributed by atoms with Gasteiger partial charge in [-0.3, -0.25) is 0 Å². The standard InChI is InChI=1S/C12H15N3S/c1-15-7-3-4-11(15)9-13-10-5-6-12(16-2)14-8-10/h3-8,13H,9H2,1-2H3. The molecule has 2 aromatic heterocycles. The van der Waals surface area contributed by atoms with Crippen LogP contribution in [-0.4, -0.2) is 15.8 Å². The Morgan fingerprint density at radius 2 is 2.25 bits per heavy atom. The number of aryl methyl sites for hydroxylation is 1. The first-order valence-electron chi connectivity index (χ1n) is 5.14. The van der Waals surface area contributed by atoms with Gasteiger partial charge in [-0.1, -0.05) is 0 Å². The maximum absolute atomic E-state index is 4.31.